The van der Waals surface area contributed by atoms with E-state index < -0.39 is 0 Å². The summed E-state index contributed by atoms with van der Waals surface area (Å²) < 4.78 is 0. The highest BCUT2D eigenvalue weighted by molar-refractivity contribution is 4.83. The molecule has 0 aromatic carbocycles. The Balaban J connectivity index is 3.39. The van der Waals surface area contributed by atoms with Gasteiger partial charge < -0.3 is 5.32 Å². The Bertz CT molecular complexity index is 130. The van der Waals surface area contributed by atoms with Crippen molar-refractivity contribution in [3.63, 3.8) is 0 Å². The predicted octanol–water partition coefficient (Wildman–Crippen LogP) is 3.68. The molecule has 0 heterocycles. The van der Waals surface area contributed by atoms with Crippen LogP contribution >= 0.6 is 0 Å². The van der Waals surface area contributed by atoms with E-state index in [4.69, 9.17) is 0 Å². The van der Waals surface area contributed by atoms with E-state index in [9.17, 15) is 0 Å². The van der Waals surface area contributed by atoms with Crippen molar-refractivity contribution in [3.05, 3.63) is 25.3 Å². The third kappa shape index (κ3) is 8.06. The summed E-state index contributed by atoms with van der Waals surface area (Å²) in [6.45, 7) is 10.9. The van der Waals surface area contributed by atoms with E-state index in [1.165, 1.54) is 25.7 Å². The van der Waals surface area contributed by atoms with Crippen LogP contribution in [0.2, 0.25) is 0 Å². The molecular weight excluding hydrogens is 170 g/mol. The molecule has 0 bridgehead atoms. The van der Waals surface area contributed by atoms with Gasteiger partial charge in [-0.15, -0.1) is 13.2 Å². The Labute approximate surface area is 89.3 Å². The molecule has 0 radical (unpaired) electrons. The second-order valence-corrected chi connectivity index (χ2v) is 3.76. The van der Waals surface area contributed by atoms with Crippen LogP contribution < -0.4 is 5.32 Å². The minimum atomic E-state index is 0.548. The van der Waals surface area contributed by atoms with Crippen molar-refractivity contribution in [3.8, 4) is 0 Å². The number of unbranched alkanes of at least 4 members (excludes halogenated alkanes) is 3. The summed E-state index contributed by atoms with van der Waals surface area (Å²) in [7, 11) is 0. The second-order valence-electron chi connectivity index (χ2n) is 3.76. The standard InChI is InChI=1S/C13H25N/c1-4-7-8-9-12-14-13(10-5-2)11-6-3/h5-6,13-14H,2-4,7-12H2,1H3. The van der Waals surface area contributed by atoms with Crippen molar-refractivity contribution < 1.29 is 0 Å². The summed E-state index contributed by atoms with van der Waals surface area (Å²) in [4.78, 5) is 0. The van der Waals surface area contributed by atoms with Crippen LogP contribution in [0.15, 0.2) is 25.3 Å². The summed E-state index contributed by atoms with van der Waals surface area (Å²) in [6, 6.07) is 0.548. The van der Waals surface area contributed by atoms with E-state index in [0.29, 0.717) is 6.04 Å². The Morgan fingerprint density at radius 1 is 1.07 bits per heavy atom. The quantitative estimate of drug-likeness (QED) is 0.414. The zero-order valence-electron chi connectivity index (χ0n) is 9.60. The summed E-state index contributed by atoms with van der Waals surface area (Å²) in [5.74, 6) is 0. The van der Waals surface area contributed by atoms with Gasteiger partial charge >= 0.3 is 0 Å². The molecule has 0 spiro atoms. The molecule has 14 heavy (non-hydrogen) atoms. The zero-order chi connectivity index (χ0) is 10.6. The molecule has 1 N–H and O–H groups in total. The van der Waals surface area contributed by atoms with Crippen LogP contribution in [0, 0.1) is 0 Å². The second kappa shape index (κ2) is 10.5. The van der Waals surface area contributed by atoms with Crippen molar-refractivity contribution >= 4 is 0 Å². The molecule has 82 valence electrons. The zero-order valence-corrected chi connectivity index (χ0v) is 9.60. The fourth-order valence-electron chi connectivity index (χ4n) is 1.52. The van der Waals surface area contributed by atoms with Crippen LogP contribution in [0.3, 0.4) is 0 Å². The number of hydrogen-bond acceptors (Lipinski definition) is 1. The summed E-state index contributed by atoms with van der Waals surface area (Å²) >= 11 is 0. The van der Waals surface area contributed by atoms with E-state index in [0.717, 1.165) is 19.4 Å². The van der Waals surface area contributed by atoms with Gasteiger partial charge in [-0.2, -0.15) is 0 Å². The molecule has 1 heteroatoms. The maximum atomic E-state index is 3.77. The van der Waals surface area contributed by atoms with Gasteiger partial charge in [0.15, 0.2) is 0 Å². The summed E-state index contributed by atoms with van der Waals surface area (Å²) in [6.07, 6.45) is 11.3. The van der Waals surface area contributed by atoms with Gasteiger partial charge in [0.05, 0.1) is 0 Å². The number of nitrogens with one attached hydrogen (secondary N) is 1. The lowest BCUT2D eigenvalue weighted by Gasteiger charge is -2.14. The molecule has 0 aromatic rings. The van der Waals surface area contributed by atoms with Gasteiger partial charge in [0.2, 0.25) is 0 Å². The largest absolute Gasteiger partial charge is 0.313 e. The predicted molar refractivity (Wildman–Crippen MR) is 65.6 cm³/mol. The maximum Gasteiger partial charge on any atom is 0.0136 e. The maximum absolute atomic E-state index is 3.77. The van der Waals surface area contributed by atoms with Crippen LogP contribution in [0.25, 0.3) is 0 Å². The first-order valence-corrected chi connectivity index (χ1v) is 5.80. The molecule has 0 amide bonds. The molecular formula is C13H25N. The molecule has 0 aliphatic rings. The molecule has 0 fully saturated rings. The van der Waals surface area contributed by atoms with Crippen molar-refractivity contribution in [2.75, 3.05) is 6.54 Å². The molecule has 0 atom stereocenters. The molecule has 0 aromatic heterocycles. The molecule has 0 unspecified atom stereocenters. The van der Waals surface area contributed by atoms with Crippen molar-refractivity contribution in [2.45, 2.75) is 51.5 Å². The Hall–Kier alpha value is -0.560. The Morgan fingerprint density at radius 3 is 2.21 bits per heavy atom. The molecule has 0 rings (SSSR count). The topological polar surface area (TPSA) is 12.0 Å². The lowest BCUT2D eigenvalue weighted by atomic mass is 10.1. The van der Waals surface area contributed by atoms with Gasteiger partial charge in [0.1, 0.15) is 0 Å². The SMILES string of the molecule is C=CCC(CC=C)NCCCCCC. The molecule has 0 aliphatic carbocycles. The van der Waals surface area contributed by atoms with Crippen LogP contribution in [0.4, 0.5) is 0 Å². The first kappa shape index (κ1) is 13.4. The van der Waals surface area contributed by atoms with E-state index >= 15 is 0 Å². The molecule has 0 aliphatic heterocycles. The normalized spacial score (nSPS) is 10.4. The molecule has 1 nitrogen and oxygen atoms in total. The van der Waals surface area contributed by atoms with Gasteiger partial charge in [0, 0.05) is 6.04 Å². The molecule has 0 saturated heterocycles. The van der Waals surface area contributed by atoms with Gasteiger partial charge in [-0.1, -0.05) is 38.3 Å². The fraction of sp³-hybridized carbons (Fsp3) is 0.692. The highest BCUT2D eigenvalue weighted by atomic mass is 14.9. The monoisotopic (exact) mass is 195 g/mol. The van der Waals surface area contributed by atoms with Gasteiger partial charge in [-0.05, 0) is 25.8 Å². The summed E-state index contributed by atoms with van der Waals surface area (Å²) in [5.41, 5.74) is 0. The minimum absolute atomic E-state index is 0.548. The Morgan fingerprint density at radius 2 is 1.71 bits per heavy atom. The van der Waals surface area contributed by atoms with Crippen LogP contribution in [-0.2, 0) is 0 Å². The van der Waals surface area contributed by atoms with E-state index in [1.54, 1.807) is 0 Å². The van der Waals surface area contributed by atoms with Gasteiger partial charge in [0.25, 0.3) is 0 Å². The van der Waals surface area contributed by atoms with Gasteiger partial charge in [-0.25, -0.2) is 0 Å². The van der Waals surface area contributed by atoms with Gasteiger partial charge in [-0.3, -0.25) is 0 Å². The minimum Gasteiger partial charge on any atom is -0.313 e. The Kier molecular flexibility index (Phi) is 10.1. The number of rotatable bonds is 10. The third-order valence-electron chi connectivity index (χ3n) is 2.37. The first-order valence-electron chi connectivity index (χ1n) is 5.80. The van der Waals surface area contributed by atoms with Crippen LogP contribution in [-0.4, -0.2) is 12.6 Å². The van der Waals surface area contributed by atoms with Crippen molar-refractivity contribution in [2.24, 2.45) is 0 Å². The summed E-state index contributed by atoms with van der Waals surface area (Å²) in [5, 5.41) is 3.54. The van der Waals surface area contributed by atoms with E-state index in [-0.39, 0.29) is 0 Å². The lowest BCUT2D eigenvalue weighted by Crippen LogP contribution is -2.28. The fourth-order valence-corrected chi connectivity index (χ4v) is 1.52. The highest BCUT2D eigenvalue weighted by Gasteiger charge is 2.02. The van der Waals surface area contributed by atoms with Crippen molar-refractivity contribution in [1.29, 1.82) is 0 Å². The van der Waals surface area contributed by atoms with E-state index in [1.807, 2.05) is 12.2 Å². The van der Waals surface area contributed by atoms with Crippen LogP contribution in [0.5, 0.6) is 0 Å². The third-order valence-corrected chi connectivity index (χ3v) is 2.37. The number of hydrogen-bond donors (Lipinski definition) is 1. The highest BCUT2D eigenvalue weighted by Crippen LogP contribution is 2.02. The average molecular weight is 195 g/mol. The van der Waals surface area contributed by atoms with Crippen LogP contribution in [0.1, 0.15) is 45.4 Å². The first-order chi connectivity index (χ1) is 6.85. The average Bonchev–Trinajstić information content (AvgIpc) is 2.18. The van der Waals surface area contributed by atoms with E-state index in [2.05, 4.69) is 25.4 Å². The smallest absolute Gasteiger partial charge is 0.0136 e. The lowest BCUT2D eigenvalue weighted by molar-refractivity contribution is 0.499. The molecule has 0 saturated carbocycles. The van der Waals surface area contributed by atoms with Crippen molar-refractivity contribution in [1.82, 2.24) is 5.32 Å².